The first kappa shape index (κ1) is 7.02. The van der Waals surface area contributed by atoms with E-state index in [-0.39, 0.29) is 8.30 Å². The summed E-state index contributed by atoms with van der Waals surface area (Å²) in [5.74, 6) is 0. The molecule has 0 aliphatic carbocycles. The molecule has 1 unspecified atom stereocenters. The highest BCUT2D eigenvalue weighted by atomic mass is 31.2. The van der Waals surface area contributed by atoms with Gasteiger partial charge < -0.3 is 4.52 Å². The molecular formula is C7H14NOP. The highest BCUT2D eigenvalue weighted by molar-refractivity contribution is 7.49. The van der Waals surface area contributed by atoms with Crippen molar-refractivity contribution >= 4 is 8.30 Å². The highest BCUT2D eigenvalue weighted by Crippen LogP contribution is 2.47. The summed E-state index contributed by atoms with van der Waals surface area (Å²) < 4.78 is 8.14. The lowest BCUT2D eigenvalue weighted by atomic mass is 10.1. The van der Waals surface area contributed by atoms with E-state index in [9.17, 15) is 0 Å². The average molecular weight is 159 g/mol. The molecule has 2 aliphatic heterocycles. The number of rotatable bonds is 0. The Bertz CT molecular complexity index is 129. The molecule has 2 rings (SSSR count). The lowest BCUT2D eigenvalue weighted by molar-refractivity contribution is 0.257. The van der Waals surface area contributed by atoms with Gasteiger partial charge in [-0.15, -0.1) is 0 Å². The first-order chi connectivity index (χ1) is 4.88. The van der Waals surface area contributed by atoms with E-state index in [1.807, 2.05) is 0 Å². The number of fused-ring (bicyclic) bond motifs is 1. The zero-order valence-corrected chi connectivity index (χ0v) is 7.31. The quantitative estimate of drug-likeness (QED) is 0.500. The van der Waals surface area contributed by atoms with Crippen LogP contribution in [0.25, 0.3) is 0 Å². The molecule has 0 aromatic rings. The summed E-state index contributed by atoms with van der Waals surface area (Å²) in [7, 11) is -0.189. The fraction of sp³-hybridized carbons (Fsp3) is 1.00. The van der Waals surface area contributed by atoms with Gasteiger partial charge in [-0.05, 0) is 19.5 Å². The Balaban J connectivity index is 2.01. The molecule has 2 saturated heterocycles. The molecule has 2 heterocycles. The Morgan fingerprint density at radius 3 is 3.20 bits per heavy atom. The van der Waals surface area contributed by atoms with Crippen molar-refractivity contribution in [2.24, 2.45) is 0 Å². The zero-order valence-electron chi connectivity index (χ0n) is 6.42. The summed E-state index contributed by atoms with van der Waals surface area (Å²) in [6.07, 6.45) is 4.16. The standard InChI is InChI=1S/C7H14NOP/c1-10-8-5-3-2-4-7(8)6-9-10/h7H,2-6H2,1H3/t7?,10-/m0/s1. The van der Waals surface area contributed by atoms with Crippen LogP contribution in [-0.4, -0.2) is 30.5 Å². The third-order valence-corrected chi connectivity index (χ3v) is 4.18. The molecule has 2 fully saturated rings. The van der Waals surface area contributed by atoms with Crippen molar-refractivity contribution in [2.75, 3.05) is 19.8 Å². The number of hydrogen-bond donors (Lipinski definition) is 0. The van der Waals surface area contributed by atoms with E-state index in [1.54, 1.807) is 0 Å². The molecule has 0 aromatic heterocycles. The second-order valence-corrected chi connectivity index (χ2v) is 4.77. The Morgan fingerprint density at radius 1 is 1.50 bits per heavy atom. The summed E-state index contributed by atoms with van der Waals surface area (Å²) in [5, 5.41) is 0. The Labute approximate surface area is 63.4 Å². The van der Waals surface area contributed by atoms with Gasteiger partial charge in [0, 0.05) is 12.6 Å². The van der Waals surface area contributed by atoms with Gasteiger partial charge in [-0.1, -0.05) is 6.42 Å². The molecule has 0 aromatic carbocycles. The Morgan fingerprint density at radius 2 is 2.40 bits per heavy atom. The Hall–Kier alpha value is 0.350. The van der Waals surface area contributed by atoms with Crippen LogP contribution in [-0.2, 0) is 4.52 Å². The van der Waals surface area contributed by atoms with E-state index in [2.05, 4.69) is 11.3 Å². The van der Waals surface area contributed by atoms with Gasteiger partial charge in [0.25, 0.3) is 0 Å². The van der Waals surface area contributed by atoms with Gasteiger partial charge in [-0.3, -0.25) is 4.67 Å². The molecule has 2 aliphatic rings. The van der Waals surface area contributed by atoms with Crippen LogP contribution in [0.4, 0.5) is 0 Å². The minimum absolute atomic E-state index is 0.189. The summed E-state index contributed by atoms with van der Waals surface area (Å²) >= 11 is 0. The number of hydrogen-bond acceptors (Lipinski definition) is 2. The average Bonchev–Trinajstić information content (AvgIpc) is 2.34. The molecule has 0 amide bonds. The van der Waals surface area contributed by atoms with Gasteiger partial charge in [0.15, 0.2) is 0 Å². The number of piperidine rings is 1. The molecule has 0 radical (unpaired) electrons. The summed E-state index contributed by atoms with van der Waals surface area (Å²) in [5.41, 5.74) is 0. The zero-order chi connectivity index (χ0) is 6.97. The van der Waals surface area contributed by atoms with Crippen LogP contribution >= 0.6 is 8.30 Å². The lowest BCUT2D eigenvalue weighted by Crippen LogP contribution is -2.32. The molecule has 0 bridgehead atoms. The number of nitrogens with zero attached hydrogens (tertiary/aromatic N) is 1. The van der Waals surface area contributed by atoms with Gasteiger partial charge in [0.1, 0.15) is 8.30 Å². The van der Waals surface area contributed by atoms with Crippen molar-refractivity contribution in [3.8, 4) is 0 Å². The highest BCUT2D eigenvalue weighted by Gasteiger charge is 2.33. The molecular weight excluding hydrogens is 145 g/mol. The maximum Gasteiger partial charge on any atom is 0.101 e. The Kier molecular flexibility index (Phi) is 1.94. The van der Waals surface area contributed by atoms with Crippen molar-refractivity contribution in [1.29, 1.82) is 0 Å². The summed E-state index contributed by atoms with van der Waals surface area (Å²) in [6, 6.07) is 0.782. The largest absolute Gasteiger partial charge is 0.342 e. The molecule has 2 atom stereocenters. The SMILES string of the molecule is C[P@]1OCC2CCCCN21. The second-order valence-electron chi connectivity index (χ2n) is 3.07. The minimum Gasteiger partial charge on any atom is -0.342 e. The molecule has 0 N–H and O–H groups in total. The predicted molar refractivity (Wildman–Crippen MR) is 43.1 cm³/mol. The van der Waals surface area contributed by atoms with Crippen molar-refractivity contribution in [2.45, 2.75) is 25.3 Å². The third-order valence-electron chi connectivity index (χ3n) is 2.41. The molecule has 2 nitrogen and oxygen atoms in total. The van der Waals surface area contributed by atoms with Gasteiger partial charge in [-0.2, -0.15) is 0 Å². The van der Waals surface area contributed by atoms with Crippen LogP contribution in [0.3, 0.4) is 0 Å². The van der Waals surface area contributed by atoms with Gasteiger partial charge in [-0.25, -0.2) is 0 Å². The summed E-state index contributed by atoms with van der Waals surface area (Å²) in [4.78, 5) is 0. The van der Waals surface area contributed by atoms with Crippen molar-refractivity contribution in [1.82, 2.24) is 4.67 Å². The van der Waals surface area contributed by atoms with E-state index in [1.165, 1.54) is 25.8 Å². The topological polar surface area (TPSA) is 12.5 Å². The maximum atomic E-state index is 5.59. The molecule has 0 spiro atoms. The van der Waals surface area contributed by atoms with E-state index in [4.69, 9.17) is 4.52 Å². The smallest absolute Gasteiger partial charge is 0.101 e. The van der Waals surface area contributed by atoms with Crippen LogP contribution in [0.5, 0.6) is 0 Å². The normalized spacial score (nSPS) is 41.7. The van der Waals surface area contributed by atoms with E-state index < -0.39 is 0 Å². The van der Waals surface area contributed by atoms with E-state index in [0.29, 0.717) is 0 Å². The van der Waals surface area contributed by atoms with Gasteiger partial charge >= 0.3 is 0 Å². The van der Waals surface area contributed by atoms with Crippen LogP contribution < -0.4 is 0 Å². The van der Waals surface area contributed by atoms with Crippen LogP contribution in [0.15, 0.2) is 0 Å². The lowest BCUT2D eigenvalue weighted by Gasteiger charge is -2.29. The molecule has 58 valence electrons. The second kappa shape index (κ2) is 2.77. The molecule has 3 heteroatoms. The predicted octanol–water partition coefficient (Wildman–Crippen LogP) is 1.81. The van der Waals surface area contributed by atoms with Crippen molar-refractivity contribution < 1.29 is 4.52 Å². The molecule has 0 saturated carbocycles. The first-order valence-corrected chi connectivity index (χ1v) is 5.67. The van der Waals surface area contributed by atoms with Crippen LogP contribution in [0.2, 0.25) is 0 Å². The van der Waals surface area contributed by atoms with Crippen molar-refractivity contribution in [3.05, 3.63) is 0 Å². The fourth-order valence-corrected chi connectivity index (χ4v) is 3.39. The first-order valence-electron chi connectivity index (χ1n) is 4.01. The summed E-state index contributed by atoms with van der Waals surface area (Å²) in [6.45, 7) is 4.51. The van der Waals surface area contributed by atoms with Crippen LogP contribution in [0, 0.1) is 0 Å². The molecule has 10 heavy (non-hydrogen) atoms. The third kappa shape index (κ3) is 1.09. The minimum atomic E-state index is -0.189. The van der Waals surface area contributed by atoms with E-state index in [0.717, 1.165) is 12.6 Å². The fourth-order valence-electron chi connectivity index (χ4n) is 1.79. The van der Waals surface area contributed by atoms with E-state index >= 15 is 0 Å². The van der Waals surface area contributed by atoms with Crippen molar-refractivity contribution in [3.63, 3.8) is 0 Å². The van der Waals surface area contributed by atoms with Gasteiger partial charge in [0.05, 0.1) is 6.61 Å². The van der Waals surface area contributed by atoms with Crippen LogP contribution in [0.1, 0.15) is 19.3 Å². The monoisotopic (exact) mass is 159 g/mol. The van der Waals surface area contributed by atoms with Gasteiger partial charge in [0.2, 0.25) is 0 Å². The maximum absolute atomic E-state index is 5.59.